The number of ether oxygens (including phenoxy) is 5. The second-order valence-electron chi connectivity index (χ2n) is 18.2. The third-order valence-corrected chi connectivity index (χ3v) is 11.8. The smallest absolute Gasteiger partial charge is 0.335 e. The van der Waals surface area contributed by atoms with Crippen LogP contribution in [-0.4, -0.2) is 89.2 Å². The van der Waals surface area contributed by atoms with Gasteiger partial charge in [0.25, 0.3) is 0 Å². The number of aliphatic carboxylic acids is 1. The third kappa shape index (κ3) is 34.6. The lowest BCUT2D eigenvalue weighted by Gasteiger charge is -2.40. The van der Waals surface area contributed by atoms with Crippen LogP contribution in [0.25, 0.3) is 0 Å². The van der Waals surface area contributed by atoms with Gasteiger partial charge in [-0.2, -0.15) is 0 Å². The van der Waals surface area contributed by atoms with Crippen LogP contribution in [0.4, 0.5) is 0 Å². The summed E-state index contributed by atoms with van der Waals surface area (Å²) >= 11 is 0. The highest BCUT2D eigenvalue weighted by Crippen LogP contribution is 2.26. The molecule has 3 N–H and O–H groups in total. The molecule has 1 aliphatic rings. The molecule has 67 heavy (non-hydrogen) atoms. The van der Waals surface area contributed by atoms with E-state index in [1.807, 2.05) is 0 Å². The molecule has 6 unspecified atom stereocenters. The molecule has 0 aromatic rings. The molecule has 1 rings (SSSR count). The Bertz CT molecular complexity index is 1360. The summed E-state index contributed by atoms with van der Waals surface area (Å²) in [6.07, 6.45) is 38.1. The summed E-state index contributed by atoms with van der Waals surface area (Å²) < 4.78 is 28.3. The number of rotatable bonds is 44. The molecule has 386 valence electrons. The van der Waals surface area contributed by atoms with Gasteiger partial charge in [0.1, 0.15) is 18.8 Å². The number of allylic oxidation sites excluding steroid dienone is 8. The van der Waals surface area contributed by atoms with Crippen LogP contribution >= 0.6 is 0 Å². The lowest BCUT2D eigenvalue weighted by atomic mass is 9.98. The van der Waals surface area contributed by atoms with Crippen molar-refractivity contribution in [2.45, 2.75) is 263 Å². The quantitative estimate of drug-likeness (QED) is 0.0228. The van der Waals surface area contributed by atoms with Gasteiger partial charge in [0.05, 0.1) is 6.61 Å². The van der Waals surface area contributed by atoms with Crippen molar-refractivity contribution >= 4 is 23.9 Å². The summed E-state index contributed by atoms with van der Waals surface area (Å²) in [5.74, 6) is -3.15. The number of unbranched alkanes of at least 4 members (excludes halogenated alkanes) is 22. The lowest BCUT2D eigenvalue weighted by Crippen LogP contribution is -2.61. The molecule has 6 atom stereocenters. The highest BCUT2D eigenvalue weighted by atomic mass is 16.7. The van der Waals surface area contributed by atoms with Crippen LogP contribution in [0.1, 0.15) is 226 Å². The van der Waals surface area contributed by atoms with E-state index in [1.54, 1.807) is 0 Å². The second kappa shape index (κ2) is 43.9. The topological polar surface area (TPSA) is 175 Å². The fourth-order valence-corrected chi connectivity index (χ4v) is 7.74. The van der Waals surface area contributed by atoms with Crippen LogP contribution in [0.5, 0.6) is 0 Å². The summed E-state index contributed by atoms with van der Waals surface area (Å²) in [7, 11) is 0. The number of carboxylic acids is 1. The van der Waals surface area contributed by atoms with Gasteiger partial charge >= 0.3 is 23.9 Å². The van der Waals surface area contributed by atoms with E-state index in [-0.39, 0.29) is 25.9 Å². The van der Waals surface area contributed by atoms with Crippen molar-refractivity contribution in [3.05, 3.63) is 48.6 Å². The maximum Gasteiger partial charge on any atom is 0.335 e. The van der Waals surface area contributed by atoms with Crippen molar-refractivity contribution in [1.29, 1.82) is 0 Å². The molecule has 0 aliphatic carbocycles. The molecule has 0 aromatic heterocycles. The van der Waals surface area contributed by atoms with E-state index in [2.05, 4.69) is 69.4 Å². The molecule has 0 spiro atoms. The van der Waals surface area contributed by atoms with E-state index in [1.165, 1.54) is 44.9 Å². The number of hydrogen-bond acceptors (Lipinski definition) is 11. The molecule has 1 fully saturated rings. The normalized spacial score (nSPS) is 19.2. The number of hydrogen-bond donors (Lipinski definition) is 3. The Hall–Kier alpha value is -3.32. The van der Waals surface area contributed by atoms with Gasteiger partial charge in [-0.1, -0.05) is 185 Å². The van der Waals surface area contributed by atoms with E-state index < -0.39 is 67.3 Å². The lowest BCUT2D eigenvalue weighted by molar-refractivity contribution is -0.301. The number of esters is 3. The van der Waals surface area contributed by atoms with Crippen LogP contribution in [0, 0.1) is 0 Å². The first kappa shape index (κ1) is 61.7. The standard InChI is InChI=1S/C55H94O12/c1-4-7-10-13-16-19-22-24-27-29-32-35-38-41-47(56)63-44-46(65-48(57)42-39-36-33-30-26-21-18-15-12-9-6-3)45-64-55-53(51(60)50(59)52(67-55)54(61)62)66-49(58)43-40-37-34-31-28-25-23-20-17-14-11-8-5-2/h10-11,13-14,19-20,22-23,46,50-53,55,59-60H,4-9,12,15-18,21,24-45H2,1-3H3,(H,61,62)/b13-10-,14-11-,22-19-,23-20-. The van der Waals surface area contributed by atoms with E-state index in [4.69, 9.17) is 23.7 Å². The molecule has 12 nitrogen and oxygen atoms in total. The zero-order valence-electron chi connectivity index (χ0n) is 42.1. The van der Waals surface area contributed by atoms with Crippen LogP contribution in [0.3, 0.4) is 0 Å². The first-order valence-corrected chi connectivity index (χ1v) is 26.6. The fraction of sp³-hybridized carbons (Fsp3) is 0.782. The Morgan fingerprint density at radius 3 is 1.40 bits per heavy atom. The average Bonchev–Trinajstić information content (AvgIpc) is 3.31. The van der Waals surface area contributed by atoms with Crippen molar-refractivity contribution in [1.82, 2.24) is 0 Å². The van der Waals surface area contributed by atoms with E-state index in [9.17, 15) is 34.5 Å². The third-order valence-electron chi connectivity index (χ3n) is 11.8. The van der Waals surface area contributed by atoms with E-state index in [0.717, 1.165) is 122 Å². The Labute approximate surface area is 405 Å². The summed E-state index contributed by atoms with van der Waals surface area (Å²) in [6.45, 7) is 5.81. The van der Waals surface area contributed by atoms with Gasteiger partial charge < -0.3 is 39.0 Å². The van der Waals surface area contributed by atoms with Gasteiger partial charge in [0.15, 0.2) is 24.6 Å². The minimum Gasteiger partial charge on any atom is -0.479 e. The molecular formula is C55H94O12. The first-order valence-electron chi connectivity index (χ1n) is 26.6. The number of carboxylic acid groups (broad SMARTS) is 1. The molecule has 1 aliphatic heterocycles. The van der Waals surface area contributed by atoms with Crippen LogP contribution in [0.2, 0.25) is 0 Å². The summed E-state index contributed by atoms with van der Waals surface area (Å²) in [5.41, 5.74) is 0. The Kier molecular flexibility index (Phi) is 40.4. The maximum atomic E-state index is 13.0. The van der Waals surface area contributed by atoms with Crippen LogP contribution in [-0.2, 0) is 42.9 Å². The van der Waals surface area contributed by atoms with Gasteiger partial charge in [-0.15, -0.1) is 0 Å². The molecule has 12 heteroatoms. The van der Waals surface area contributed by atoms with Crippen LogP contribution in [0.15, 0.2) is 48.6 Å². The highest BCUT2D eigenvalue weighted by Gasteiger charge is 2.50. The molecule has 1 saturated heterocycles. The Morgan fingerprint density at radius 1 is 0.493 bits per heavy atom. The van der Waals surface area contributed by atoms with E-state index in [0.29, 0.717) is 19.3 Å². The molecule has 0 bridgehead atoms. The SMILES string of the molecule is CCC/C=C\C/C=C\CCCCCCCC(=O)OCC(COC1OC(C(=O)O)C(O)C(O)C1OC(=O)CCCCCCC/C=C\C/C=C\CCC)OC(=O)CCCCCCCCCCCCC. The Balaban J connectivity index is 2.74. The summed E-state index contributed by atoms with van der Waals surface area (Å²) in [6, 6.07) is 0. The molecular weight excluding hydrogens is 853 g/mol. The average molecular weight is 947 g/mol. The molecule has 0 saturated carbocycles. The fourth-order valence-electron chi connectivity index (χ4n) is 7.74. The van der Waals surface area contributed by atoms with Crippen molar-refractivity contribution in [3.8, 4) is 0 Å². The number of aliphatic hydroxyl groups excluding tert-OH is 2. The first-order chi connectivity index (χ1) is 32.6. The minimum atomic E-state index is -1.91. The maximum absolute atomic E-state index is 13.0. The van der Waals surface area contributed by atoms with Crippen molar-refractivity contribution in [3.63, 3.8) is 0 Å². The highest BCUT2D eigenvalue weighted by molar-refractivity contribution is 5.74. The summed E-state index contributed by atoms with van der Waals surface area (Å²) in [5, 5.41) is 31.3. The number of carbonyl (C=O) groups excluding carboxylic acids is 3. The zero-order chi connectivity index (χ0) is 49.0. The predicted molar refractivity (Wildman–Crippen MR) is 266 cm³/mol. The number of carbonyl (C=O) groups is 4. The molecule has 0 aromatic carbocycles. The Morgan fingerprint density at radius 2 is 0.925 bits per heavy atom. The number of aliphatic hydroxyl groups is 2. The molecule has 0 amide bonds. The van der Waals surface area contributed by atoms with Gasteiger partial charge in [0.2, 0.25) is 0 Å². The molecule has 0 radical (unpaired) electrons. The van der Waals surface area contributed by atoms with Crippen molar-refractivity contribution in [2.24, 2.45) is 0 Å². The molecule has 1 heterocycles. The van der Waals surface area contributed by atoms with Crippen molar-refractivity contribution < 1.29 is 58.2 Å². The largest absolute Gasteiger partial charge is 0.479 e. The van der Waals surface area contributed by atoms with E-state index >= 15 is 0 Å². The van der Waals surface area contributed by atoms with Crippen LogP contribution < -0.4 is 0 Å². The van der Waals surface area contributed by atoms with Gasteiger partial charge in [0, 0.05) is 19.3 Å². The second-order valence-corrected chi connectivity index (χ2v) is 18.2. The summed E-state index contributed by atoms with van der Waals surface area (Å²) in [4.78, 5) is 50.8. The zero-order valence-corrected chi connectivity index (χ0v) is 42.1. The van der Waals surface area contributed by atoms with Crippen molar-refractivity contribution in [2.75, 3.05) is 13.2 Å². The monoisotopic (exact) mass is 947 g/mol. The van der Waals surface area contributed by atoms with Gasteiger partial charge in [-0.25, -0.2) is 4.79 Å². The van der Waals surface area contributed by atoms with Gasteiger partial charge in [-0.05, 0) is 70.6 Å². The predicted octanol–water partition coefficient (Wildman–Crippen LogP) is 12.7. The minimum absolute atomic E-state index is 0.0439. The van der Waals surface area contributed by atoms with Gasteiger partial charge in [-0.3, -0.25) is 14.4 Å².